The SMILES string of the molecule is CCc1cc(-c2n[nH]c(C)c2C2=CC=CC(C)(OC)C=C2)c(O)cc1O. The average molecular weight is 352 g/mol. The van der Waals surface area contributed by atoms with Gasteiger partial charge in [0.05, 0.1) is 0 Å². The van der Waals surface area contributed by atoms with Gasteiger partial charge in [-0.3, -0.25) is 5.10 Å². The Bertz CT molecular complexity index is 922. The number of methoxy groups -OCH3 is 1. The Morgan fingerprint density at radius 3 is 2.65 bits per heavy atom. The van der Waals surface area contributed by atoms with Crippen molar-refractivity contribution in [2.75, 3.05) is 7.11 Å². The molecule has 0 bridgehead atoms. The first-order valence-corrected chi connectivity index (χ1v) is 8.63. The number of phenols is 2. The Labute approximate surface area is 153 Å². The second-order valence-corrected chi connectivity index (χ2v) is 6.63. The van der Waals surface area contributed by atoms with Gasteiger partial charge in [0.2, 0.25) is 0 Å². The van der Waals surface area contributed by atoms with Gasteiger partial charge in [-0.05, 0) is 49.6 Å². The van der Waals surface area contributed by atoms with E-state index in [0.29, 0.717) is 17.7 Å². The van der Waals surface area contributed by atoms with E-state index >= 15 is 0 Å². The quantitative estimate of drug-likeness (QED) is 0.768. The zero-order valence-electron chi connectivity index (χ0n) is 15.5. The number of aromatic hydroxyl groups is 2. The fraction of sp³-hybridized carbons (Fsp3) is 0.286. The van der Waals surface area contributed by atoms with Gasteiger partial charge in [-0.25, -0.2) is 0 Å². The lowest BCUT2D eigenvalue weighted by Gasteiger charge is -2.18. The van der Waals surface area contributed by atoms with Crippen molar-refractivity contribution >= 4 is 5.57 Å². The largest absolute Gasteiger partial charge is 0.508 e. The molecule has 5 nitrogen and oxygen atoms in total. The maximum atomic E-state index is 10.4. The predicted molar refractivity (Wildman–Crippen MR) is 103 cm³/mol. The van der Waals surface area contributed by atoms with Crippen LogP contribution in [0.15, 0.2) is 42.5 Å². The van der Waals surface area contributed by atoms with E-state index in [9.17, 15) is 10.2 Å². The minimum absolute atomic E-state index is 0.00271. The molecule has 1 unspecified atom stereocenters. The zero-order valence-corrected chi connectivity index (χ0v) is 15.5. The summed E-state index contributed by atoms with van der Waals surface area (Å²) in [7, 11) is 1.68. The standard InChI is InChI=1S/C21H24N2O3/c1-5-14-11-16(18(25)12-17(14)24)20-19(13(2)22-23-20)15-7-6-9-21(3,26-4)10-8-15/h6-12,24-25H,5H2,1-4H3,(H,22,23). The Balaban J connectivity index is 2.14. The van der Waals surface area contributed by atoms with Crippen molar-refractivity contribution in [3.63, 3.8) is 0 Å². The van der Waals surface area contributed by atoms with Crippen LogP contribution in [0.25, 0.3) is 16.8 Å². The second-order valence-electron chi connectivity index (χ2n) is 6.63. The van der Waals surface area contributed by atoms with Gasteiger partial charge >= 0.3 is 0 Å². The van der Waals surface area contributed by atoms with Crippen molar-refractivity contribution in [3.8, 4) is 22.8 Å². The number of allylic oxidation sites excluding steroid dienone is 4. The number of aromatic amines is 1. The highest BCUT2D eigenvalue weighted by atomic mass is 16.5. The predicted octanol–water partition coefficient (Wildman–Crippen LogP) is 4.27. The Kier molecular flexibility index (Phi) is 4.74. The fourth-order valence-electron chi connectivity index (χ4n) is 3.08. The molecule has 0 saturated heterocycles. The van der Waals surface area contributed by atoms with Crippen LogP contribution >= 0.6 is 0 Å². The molecule has 26 heavy (non-hydrogen) atoms. The molecular weight excluding hydrogens is 328 g/mol. The van der Waals surface area contributed by atoms with Crippen molar-refractivity contribution in [1.82, 2.24) is 10.2 Å². The highest BCUT2D eigenvalue weighted by Gasteiger charge is 2.22. The van der Waals surface area contributed by atoms with E-state index in [4.69, 9.17) is 4.74 Å². The molecular formula is C21H24N2O3. The molecule has 0 radical (unpaired) electrons. The van der Waals surface area contributed by atoms with Gasteiger partial charge in [-0.1, -0.05) is 25.2 Å². The summed E-state index contributed by atoms with van der Waals surface area (Å²) in [5.41, 5.74) is 4.32. The minimum atomic E-state index is -0.466. The normalized spacial score (nSPS) is 19.5. The summed E-state index contributed by atoms with van der Waals surface area (Å²) in [5.74, 6) is 0.0952. The van der Waals surface area contributed by atoms with Crippen LogP contribution in [0.3, 0.4) is 0 Å². The summed E-state index contributed by atoms with van der Waals surface area (Å²) in [6.45, 7) is 5.89. The molecule has 1 aliphatic rings. The van der Waals surface area contributed by atoms with Crippen LogP contribution in [0, 0.1) is 6.92 Å². The molecule has 0 amide bonds. The second kappa shape index (κ2) is 6.84. The van der Waals surface area contributed by atoms with E-state index in [1.54, 1.807) is 13.2 Å². The summed E-state index contributed by atoms with van der Waals surface area (Å²) in [6.07, 6.45) is 10.6. The third kappa shape index (κ3) is 3.18. The van der Waals surface area contributed by atoms with E-state index in [-0.39, 0.29) is 11.5 Å². The van der Waals surface area contributed by atoms with Gasteiger partial charge < -0.3 is 14.9 Å². The number of nitrogens with one attached hydrogen (secondary N) is 1. The molecule has 1 aromatic carbocycles. The molecule has 0 fully saturated rings. The Morgan fingerprint density at radius 2 is 1.96 bits per heavy atom. The van der Waals surface area contributed by atoms with Gasteiger partial charge in [0.15, 0.2) is 0 Å². The molecule has 5 heteroatoms. The lowest BCUT2D eigenvalue weighted by atomic mass is 9.96. The van der Waals surface area contributed by atoms with E-state index in [1.165, 1.54) is 6.07 Å². The van der Waals surface area contributed by atoms with Gasteiger partial charge in [0, 0.05) is 30.0 Å². The first-order valence-electron chi connectivity index (χ1n) is 8.63. The Morgan fingerprint density at radius 1 is 1.19 bits per heavy atom. The van der Waals surface area contributed by atoms with Crippen molar-refractivity contribution in [2.24, 2.45) is 0 Å². The number of hydrogen-bond acceptors (Lipinski definition) is 4. The minimum Gasteiger partial charge on any atom is -0.508 e. The van der Waals surface area contributed by atoms with Crippen LogP contribution in [0.2, 0.25) is 0 Å². The van der Waals surface area contributed by atoms with Crippen molar-refractivity contribution in [2.45, 2.75) is 32.8 Å². The zero-order chi connectivity index (χ0) is 18.9. The maximum absolute atomic E-state index is 10.4. The summed E-state index contributed by atoms with van der Waals surface area (Å²) in [4.78, 5) is 0. The molecule has 0 spiro atoms. The summed E-state index contributed by atoms with van der Waals surface area (Å²) in [5, 5.41) is 27.8. The number of phenolic OH excluding ortho intramolecular Hbond substituents is 2. The van der Waals surface area contributed by atoms with Crippen molar-refractivity contribution < 1.29 is 14.9 Å². The molecule has 3 N–H and O–H groups in total. The van der Waals surface area contributed by atoms with Gasteiger partial charge in [0.25, 0.3) is 0 Å². The van der Waals surface area contributed by atoms with Crippen LogP contribution in [0.1, 0.15) is 30.7 Å². The van der Waals surface area contributed by atoms with Crippen molar-refractivity contribution in [3.05, 3.63) is 59.3 Å². The lowest BCUT2D eigenvalue weighted by molar-refractivity contribution is 0.0909. The summed E-state index contributed by atoms with van der Waals surface area (Å²) in [6, 6.07) is 3.17. The van der Waals surface area contributed by atoms with E-state index in [1.807, 2.05) is 51.2 Å². The average Bonchev–Trinajstić information content (AvgIpc) is 2.88. The molecule has 1 aliphatic carbocycles. The van der Waals surface area contributed by atoms with Gasteiger partial charge in [0.1, 0.15) is 22.8 Å². The monoisotopic (exact) mass is 352 g/mol. The van der Waals surface area contributed by atoms with E-state index in [2.05, 4.69) is 10.2 Å². The lowest BCUT2D eigenvalue weighted by Crippen LogP contribution is -2.20. The van der Waals surface area contributed by atoms with Crippen LogP contribution in [0.4, 0.5) is 0 Å². The summed E-state index contributed by atoms with van der Waals surface area (Å²) >= 11 is 0. The highest BCUT2D eigenvalue weighted by molar-refractivity contribution is 5.88. The summed E-state index contributed by atoms with van der Waals surface area (Å²) < 4.78 is 5.53. The number of benzene rings is 1. The first kappa shape index (κ1) is 18.0. The number of nitrogens with zero attached hydrogens (tertiary/aromatic N) is 1. The number of ether oxygens (including phenoxy) is 1. The molecule has 0 saturated carbocycles. The van der Waals surface area contributed by atoms with Crippen molar-refractivity contribution in [1.29, 1.82) is 0 Å². The maximum Gasteiger partial charge on any atom is 0.128 e. The molecule has 3 rings (SSSR count). The van der Waals surface area contributed by atoms with Crippen LogP contribution in [-0.4, -0.2) is 33.1 Å². The number of rotatable bonds is 4. The van der Waals surface area contributed by atoms with E-state index < -0.39 is 5.60 Å². The first-order chi connectivity index (χ1) is 12.4. The van der Waals surface area contributed by atoms with Crippen LogP contribution in [0.5, 0.6) is 11.5 Å². The fourth-order valence-corrected chi connectivity index (χ4v) is 3.08. The number of H-pyrrole nitrogens is 1. The number of aryl methyl sites for hydroxylation is 2. The van der Waals surface area contributed by atoms with E-state index in [0.717, 1.165) is 22.4 Å². The molecule has 0 aliphatic heterocycles. The third-order valence-electron chi connectivity index (χ3n) is 4.81. The topological polar surface area (TPSA) is 78.4 Å². The van der Waals surface area contributed by atoms with Gasteiger partial charge in [-0.2, -0.15) is 5.10 Å². The Hall–Kier alpha value is -2.79. The number of aromatic nitrogens is 2. The number of hydrogen-bond donors (Lipinski definition) is 3. The molecule has 1 heterocycles. The molecule has 1 atom stereocenters. The van der Waals surface area contributed by atoms with Gasteiger partial charge in [-0.15, -0.1) is 0 Å². The van der Waals surface area contributed by atoms with Crippen LogP contribution < -0.4 is 0 Å². The molecule has 2 aromatic rings. The smallest absolute Gasteiger partial charge is 0.128 e. The van der Waals surface area contributed by atoms with Crippen LogP contribution in [-0.2, 0) is 11.2 Å². The molecule has 1 aromatic heterocycles. The molecule has 136 valence electrons. The highest BCUT2D eigenvalue weighted by Crippen LogP contribution is 2.39. The third-order valence-corrected chi connectivity index (χ3v) is 4.81.